The quantitative estimate of drug-likeness (QED) is 0.634. The van der Waals surface area contributed by atoms with Crippen LogP contribution >= 0.6 is 23.2 Å². The fourth-order valence-electron chi connectivity index (χ4n) is 3.54. The molecular formula is C19H16Cl2N2O. The van der Waals surface area contributed by atoms with Gasteiger partial charge in [-0.2, -0.15) is 0 Å². The van der Waals surface area contributed by atoms with Gasteiger partial charge in [0.25, 0.3) is 5.91 Å². The third-order valence-corrected chi connectivity index (χ3v) is 5.31. The highest BCUT2D eigenvalue weighted by molar-refractivity contribution is 6.30. The molecule has 0 aliphatic carbocycles. The highest BCUT2D eigenvalue weighted by Gasteiger charge is 2.34. The lowest BCUT2D eigenvalue weighted by atomic mass is 9.97. The molecule has 122 valence electrons. The van der Waals surface area contributed by atoms with Gasteiger partial charge >= 0.3 is 0 Å². The van der Waals surface area contributed by atoms with Crippen LogP contribution in [0.1, 0.15) is 27.4 Å². The van der Waals surface area contributed by atoms with Crippen molar-refractivity contribution < 1.29 is 4.79 Å². The Morgan fingerprint density at radius 3 is 2.71 bits per heavy atom. The number of alkyl halides is 1. The molecular weight excluding hydrogens is 343 g/mol. The van der Waals surface area contributed by atoms with Crippen LogP contribution in [0.3, 0.4) is 0 Å². The molecule has 1 aromatic heterocycles. The molecule has 2 aromatic carbocycles. The normalized spacial score (nSPS) is 16.6. The Kier molecular flexibility index (Phi) is 3.78. The second-order valence-corrected chi connectivity index (χ2v) is 6.91. The summed E-state index contributed by atoms with van der Waals surface area (Å²) in [6.45, 7) is 2.68. The Hall–Kier alpha value is -1.97. The number of halogens is 2. The van der Waals surface area contributed by atoms with Crippen molar-refractivity contribution in [3.05, 3.63) is 64.3 Å². The smallest absolute Gasteiger partial charge is 0.258 e. The lowest BCUT2D eigenvalue weighted by Crippen LogP contribution is -2.30. The summed E-state index contributed by atoms with van der Waals surface area (Å²) in [4.78, 5) is 18.1. The summed E-state index contributed by atoms with van der Waals surface area (Å²) in [5, 5.41) is 1.81. The fraction of sp³-hybridized carbons (Fsp3) is 0.211. The number of anilines is 1. The summed E-state index contributed by atoms with van der Waals surface area (Å²) >= 11 is 12.2. The first-order valence-corrected chi connectivity index (χ1v) is 8.75. The van der Waals surface area contributed by atoms with Crippen molar-refractivity contribution >= 4 is 45.7 Å². The Bertz CT molecular complexity index is 930. The van der Waals surface area contributed by atoms with E-state index in [1.165, 1.54) is 16.5 Å². The Morgan fingerprint density at radius 1 is 1.25 bits per heavy atom. The molecule has 1 N–H and O–H groups in total. The van der Waals surface area contributed by atoms with E-state index in [4.69, 9.17) is 23.2 Å². The van der Waals surface area contributed by atoms with E-state index in [2.05, 4.69) is 11.9 Å². The van der Waals surface area contributed by atoms with Crippen molar-refractivity contribution in [2.45, 2.75) is 12.8 Å². The lowest BCUT2D eigenvalue weighted by molar-refractivity contribution is 0.0988. The van der Waals surface area contributed by atoms with E-state index in [0.29, 0.717) is 23.0 Å². The molecule has 3 aromatic rings. The van der Waals surface area contributed by atoms with Crippen LogP contribution in [0, 0.1) is 6.92 Å². The van der Waals surface area contributed by atoms with Crippen LogP contribution < -0.4 is 4.90 Å². The maximum atomic E-state index is 13.0. The van der Waals surface area contributed by atoms with Gasteiger partial charge in [0.15, 0.2) is 0 Å². The zero-order valence-electron chi connectivity index (χ0n) is 13.1. The van der Waals surface area contributed by atoms with Crippen molar-refractivity contribution in [3.8, 4) is 0 Å². The van der Waals surface area contributed by atoms with Crippen LogP contribution in [0.25, 0.3) is 10.9 Å². The summed E-state index contributed by atoms with van der Waals surface area (Å²) < 4.78 is 0. The minimum Gasteiger partial charge on any atom is -0.361 e. The van der Waals surface area contributed by atoms with Gasteiger partial charge in [-0.05, 0) is 54.4 Å². The predicted octanol–water partition coefficient (Wildman–Crippen LogP) is 5.11. The summed E-state index contributed by atoms with van der Waals surface area (Å²) in [5.74, 6) is 0.602. The minimum atomic E-state index is -0.0203. The molecule has 1 aliphatic rings. The maximum absolute atomic E-state index is 13.0. The molecule has 0 saturated carbocycles. The second kappa shape index (κ2) is 5.83. The van der Waals surface area contributed by atoms with Crippen molar-refractivity contribution in [3.63, 3.8) is 0 Å². The maximum Gasteiger partial charge on any atom is 0.258 e. The molecule has 3 nitrogen and oxygen atoms in total. The van der Waals surface area contributed by atoms with E-state index in [1.54, 1.807) is 24.3 Å². The molecule has 0 bridgehead atoms. The molecule has 2 heterocycles. The van der Waals surface area contributed by atoms with E-state index in [0.717, 1.165) is 11.2 Å². The van der Waals surface area contributed by atoms with Crippen LogP contribution in [0.5, 0.6) is 0 Å². The minimum absolute atomic E-state index is 0.0203. The largest absolute Gasteiger partial charge is 0.361 e. The molecule has 24 heavy (non-hydrogen) atoms. The Morgan fingerprint density at radius 2 is 2.00 bits per heavy atom. The average molecular weight is 359 g/mol. The SMILES string of the molecule is Cc1c[nH]c2ccc3c(c12)C(CCl)CN3C(=O)c1ccc(Cl)cc1. The van der Waals surface area contributed by atoms with Crippen LogP contribution in [0.4, 0.5) is 5.69 Å². The summed E-state index contributed by atoms with van der Waals surface area (Å²) in [7, 11) is 0. The van der Waals surface area contributed by atoms with Gasteiger partial charge in [-0.3, -0.25) is 4.79 Å². The van der Waals surface area contributed by atoms with Gasteiger partial charge in [0.1, 0.15) is 0 Å². The lowest BCUT2D eigenvalue weighted by Gasteiger charge is -2.18. The van der Waals surface area contributed by atoms with Gasteiger partial charge in [-0.15, -0.1) is 11.6 Å². The second-order valence-electron chi connectivity index (χ2n) is 6.17. The van der Waals surface area contributed by atoms with E-state index >= 15 is 0 Å². The van der Waals surface area contributed by atoms with Crippen molar-refractivity contribution in [1.82, 2.24) is 4.98 Å². The number of hydrogen-bond acceptors (Lipinski definition) is 1. The van der Waals surface area contributed by atoms with Gasteiger partial charge in [0, 0.05) is 51.7 Å². The number of carbonyl (C=O) groups is 1. The molecule has 1 amide bonds. The average Bonchev–Trinajstić information content (AvgIpc) is 3.15. The highest BCUT2D eigenvalue weighted by Crippen LogP contribution is 2.43. The number of nitrogens with zero attached hydrogens (tertiary/aromatic N) is 1. The van der Waals surface area contributed by atoms with Crippen LogP contribution in [0.15, 0.2) is 42.6 Å². The van der Waals surface area contributed by atoms with Crippen molar-refractivity contribution in [1.29, 1.82) is 0 Å². The van der Waals surface area contributed by atoms with Gasteiger partial charge < -0.3 is 9.88 Å². The van der Waals surface area contributed by atoms with Crippen LogP contribution in [0.2, 0.25) is 5.02 Å². The first-order chi connectivity index (χ1) is 11.6. The number of fused-ring (bicyclic) bond motifs is 3. The predicted molar refractivity (Wildman–Crippen MR) is 99.6 cm³/mol. The first-order valence-electron chi connectivity index (χ1n) is 7.84. The number of hydrogen-bond donors (Lipinski definition) is 1. The Labute approximate surface area is 150 Å². The topological polar surface area (TPSA) is 36.1 Å². The van der Waals surface area contributed by atoms with E-state index < -0.39 is 0 Å². The third kappa shape index (κ3) is 2.31. The molecule has 1 unspecified atom stereocenters. The van der Waals surface area contributed by atoms with E-state index in [-0.39, 0.29) is 11.8 Å². The van der Waals surface area contributed by atoms with E-state index in [9.17, 15) is 4.79 Å². The van der Waals surface area contributed by atoms with Gasteiger partial charge in [0.2, 0.25) is 0 Å². The monoisotopic (exact) mass is 358 g/mol. The molecule has 0 saturated heterocycles. The summed E-state index contributed by atoms with van der Waals surface area (Å²) in [6, 6.07) is 11.0. The number of H-pyrrole nitrogens is 1. The molecule has 0 spiro atoms. The van der Waals surface area contributed by atoms with Gasteiger partial charge in [-0.1, -0.05) is 11.6 Å². The number of rotatable bonds is 2. The summed E-state index contributed by atoms with van der Waals surface area (Å²) in [5.41, 5.74) is 5.02. The number of aryl methyl sites for hydroxylation is 1. The zero-order chi connectivity index (χ0) is 16.8. The number of aromatic nitrogens is 1. The molecule has 4 rings (SSSR count). The van der Waals surface area contributed by atoms with E-state index in [1.807, 2.05) is 23.2 Å². The summed E-state index contributed by atoms with van der Waals surface area (Å²) in [6.07, 6.45) is 2.00. The van der Waals surface area contributed by atoms with Crippen molar-refractivity contribution in [2.24, 2.45) is 0 Å². The van der Waals surface area contributed by atoms with Crippen molar-refractivity contribution in [2.75, 3.05) is 17.3 Å². The van der Waals surface area contributed by atoms with Crippen LogP contribution in [-0.4, -0.2) is 23.3 Å². The molecule has 5 heteroatoms. The Balaban J connectivity index is 1.83. The third-order valence-electron chi connectivity index (χ3n) is 4.69. The standard InChI is InChI=1S/C19H16Cl2N2O/c1-11-9-22-15-6-7-16-18(17(11)15)13(8-20)10-23(16)19(24)12-2-4-14(21)5-3-12/h2-7,9,13,22H,8,10H2,1H3. The zero-order valence-corrected chi connectivity index (χ0v) is 14.7. The number of nitrogens with one attached hydrogen (secondary N) is 1. The number of aromatic amines is 1. The van der Waals surface area contributed by atoms with Gasteiger partial charge in [-0.25, -0.2) is 0 Å². The fourth-order valence-corrected chi connectivity index (χ4v) is 3.91. The number of carbonyl (C=O) groups excluding carboxylic acids is 1. The first kappa shape index (κ1) is 15.6. The molecule has 1 atom stereocenters. The number of benzene rings is 2. The molecule has 0 radical (unpaired) electrons. The van der Waals surface area contributed by atoms with Crippen LogP contribution in [-0.2, 0) is 0 Å². The highest BCUT2D eigenvalue weighted by atomic mass is 35.5. The molecule has 0 fully saturated rings. The molecule has 1 aliphatic heterocycles. The number of amides is 1. The van der Waals surface area contributed by atoms with Gasteiger partial charge in [0.05, 0.1) is 0 Å².